The third kappa shape index (κ3) is 7.93. The maximum Gasteiger partial charge on any atom is 0.263 e. The molecule has 0 unspecified atom stereocenters. The summed E-state index contributed by atoms with van der Waals surface area (Å²) in [7, 11) is 2.11. The lowest BCUT2D eigenvalue weighted by Gasteiger charge is -2.31. The van der Waals surface area contributed by atoms with Crippen LogP contribution in [-0.4, -0.2) is 55.0 Å². The van der Waals surface area contributed by atoms with Crippen LogP contribution < -0.4 is 10.6 Å². The van der Waals surface area contributed by atoms with Gasteiger partial charge in [0.2, 0.25) is 0 Å². The van der Waals surface area contributed by atoms with Crippen LogP contribution in [0.15, 0.2) is 10.5 Å². The van der Waals surface area contributed by atoms with E-state index in [9.17, 15) is 4.79 Å². The van der Waals surface area contributed by atoms with Gasteiger partial charge in [-0.2, -0.15) is 0 Å². The number of hydrogen-bond donors (Lipinski definition) is 2. The monoisotopic (exact) mass is 507 g/mol. The van der Waals surface area contributed by atoms with Gasteiger partial charge in [0.25, 0.3) is 5.91 Å². The molecule has 1 amide bonds. The van der Waals surface area contributed by atoms with Gasteiger partial charge in [0.05, 0.1) is 17.7 Å². The molecule has 0 bridgehead atoms. The number of nitrogens with one attached hydrogen (secondary N) is 2. The van der Waals surface area contributed by atoms with Crippen molar-refractivity contribution in [3.8, 4) is 0 Å². The SMILES string of the molecule is CCNC(=NCCNC(=O)c1scnc1C)N(C)CC1CCC(C)CC1.I. The Bertz CT molecular complexity index is 599. The fourth-order valence-corrected chi connectivity index (χ4v) is 4.11. The number of rotatable bonds is 7. The predicted molar refractivity (Wildman–Crippen MR) is 124 cm³/mol. The number of halogens is 1. The molecule has 1 aliphatic rings. The van der Waals surface area contributed by atoms with E-state index in [2.05, 4.69) is 46.4 Å². The number of carbonyl (C=O) groups is 1. The van der Waals surface area contributed by atoms with Crippen LogP contribution in [0.5, 0.6) is 0 Å². The molecule has 154 valence electrons. The van der Waals surface area contributed by atoms with Crippen LogP contribution in [0.1, 0.15) is 54.9 Å². The molecule has 27 heavy (non-hydrogen) atoms. The van der Waals surface area contributed by atoms with Gasteiger partial charge in [-0.25, -0.2) is 4.98 Å². The van der Waals surface area contributed by atoms with Crippen molar-refractivity contribution in [2.75, 3.05) is 33.2 Å². The van der Waals surface area contributed by atoms with E-state index in [1.807, 2.05) is 6.92 Å². The smallest absolute Gasteiger partial charge is 0.263 e. The van der Waals surface area contributed by atoms with E-state index in [4.69, 9.17) is 0 Å². The summed E-state index contributed by atoms with van der Waals surface area (Å²) in [5.74, 6) is 2.50. The van der Waals surface area contributed by atoms with E-state index >= 15 is 0 Å². The zero-order valence-electron chi connectivity index (χ0n) is 17.0. The van der Waals surface area contributed by atoms with Crippen LogP contribution in [0, 0.1) is 18.8 Å². The van der Waals surface area contributed by atoms with Gasteiger partial charge in [0.15, 0.2) is 5.96 Å². The Balaban J connectivity index is 0.00000364. The van der Waals surface area contributed by atoms with Gasteiger partial charge in [0.1, 0.15) is 4.88 Å². The van der Waals surface area contributed by atoms with Crippen molar-refractivity contribution in [1.29, 1.82) is 0 Å². The summed E-state index contributed by atoms with van der Waals surface area (Å²) >= 11 is 1.37. The number of thiazole rings is 1. The van der Waals surface area contributed by atoms with Gasteiger partial charge < -0.3 is 15.5 Å². The Morgan fingerprint density at radius 3 is 2.63 bits per heavy atom. The van der Waals surface area contributed by atoms with E-state index in [1.165, 1.54) is 37.0 Å². The highest BCUT2D eigenvalue weighted by atomic mass is 127. The highest BCUT2D eigenvalue weighted by Crippen LogP contribution is 2.28. The van der Waals surface area contributed by atoms with Crippen molar-refractivity contribution >= 4 is 47.2 Å². The minimum Gasteiger partial charge on any atom is -0.357 e. The number of amides is 1. The molecule has 0 aromatic carbocycles. The van der Waals surface area contributed by atoms with Crippen LogP contribution in [0.25, 0.3) is 0 Å². The molecule has 1 aliphatic carbocycles. The number of aryl methyl sites for hydroxylation is 1. The highest BCUT2D eigenvalue weighted by Gasteiger charge is 2.20. The largest absolute Gasteiger partial charge is 0.357 e. The van der Waals surface area contributed by atoms with E-state index in [-0.39, 0.29) is 29.9 Å². The fourth-order valence-electron chi connectivity index (χ4n) is 3.39. The third-order valence-electron chi connectivity index (χ3n) is 4.97. The maximum atomic E-state index is 12.1. The predicted octanol–water partition coefficient (Wildman–Crippen LogP) is 3.52. The minimum atomic E-state index is -0.0603. The van der Waals surface area contributed by atoms with E-state index in [1.54, 1.807) is 5.51 Å². The Labute approximate surface area is 184 Å². The lowest BCUT2D eigenvalue weighted by molar-refractivity contribution is 0.0958. The van der Waals surface area contributed by atoms with Crippen molar-refractivity contribution in [2.45, 2.75) is 46.5 Å². The van der Waals surface area contributed by atoms with Crippen molar-refractivity contribution in [2.24, 2.45) is 16.8 Å². The van der Waals surface area contributed by atoms with Gasteiger partial charge in [-0.3, -0.25) is 9.79 Å². The quantitative estimate of drug-likeness (QED) is 0.257. The number of aromatic nitrogens is 1. The molecule has 1 heterocycles. The zero-order chi connectivity index (χ0) is 18.9. The van der Waals surface area contributed by atoms with Gasteiger partial charge in [-0.05, 0) is 38.5 Å². The van der Waals surface area contributed by atoms with Gasteiger partial charge in [0, 0.05) is 26.7 Å². The summed E-state index contributed by atoms with van der Waals surface area (Å²) in [5.41, 5.74) is 2.48. The second-order valence-electron chi connectivity index (χ2n) is 7.26. The summed E-state index contributed by atoms with van der Waals surface area (Å²) in [6, 6.07) is 0. The molecule has 0 radical (unpaired) electrons. The van der Waals surface area contributed by atoms with Gasteiger partial charge >= 0.3 is 0 Å². The van der Waals surface area contributed by atoms with E-state index < -0.39 is 0 Å². The Morgan fingerprint density at radius 1 is 1.33 bits per heavy atom. The molecule has 6 nitrogen and oxygen atoms in total. The number of nitrogens with zero attached hydrogens (tertiary/aromatic N) is 3. The fraction of sp³-hybridized carbons (Fsp3) is 0.737. The summed E-state index contributed by atoms with van der Waals surface area (Å²) in [6.07, 6.45) is 5.31. The van der Waals surface area contributed by atoms with Crippen LogP contribution in [0.3, 0.4) is 0 Å². The minimum absolute atomic E-state index is 0. The summed E-state index contributed by atoms with van der Waals surface area (Å²) in [5, 5.41) is 6.29. The van der Waals surface area contributed by atoms with Crippen molar-refractivity contribution < 1.29 is 4.79 Å². The molecule has 8 heteroatoms. The second-order valence-corrected chi connectivity index (χ2v) is 8.12. The standard InChI is InChI=1S/C19H33N5OS.HI/c1-5-20-19(24(4)12-16-8-6-14(2)7-9-16)22-11-10-21-18(25)17-15(3)23-13-26-17;/h13-14,16H,5-12H2,1-4H3,(H,20,22)(H,21,25);1H. The first-order valence-corrected chi connectivity index (χ1v) is 10.6. The van der Waals surface area contributed by atoms with Crippen LogP contribution in [-0.2, 0) is 0 Å². The Kier molecular flexibility index (Phi) is 11.2. The molecule has 1 aromatic heterocycles. The topological polar surface area (TPSA) is 69.6 Å². The maximum absolute atomic E-state index is 12.1. The van der Waals surface area contributed by atoms with Crippen LogP contribution in [0.4, 0.5) is 0 Å². The summed E-state index contributed by atoms with van der Waals surface area (Å²) in [6.45, 7) is 9.28. The molecular weight excluding hydrogens is 473 g/mol. The first kappa shape index (κ1) is 24.1. The molecule has 0 spiro atoms. The molecule has 1 fully saturated rings. The van der Waals surface area contributed by atoms with Gasteiger partial charge in [-0.15, -0.1) is 35.3 Å². The molecule has 0 saturated heterocycles. The summed E-state index contributed by atoms with van der Waals surface area (Å²) in [4.78, 5) is 23.8. The lowest BCUT2D eigenvalue weighted by Crippen LogP contribution is -2.42. The molecule has 0 atom stereocenters. The molecule has 0 aliphatic heterocycles. The highest BCUT2D eigenvalue weighted by molar-refractivity contribution is 14.0. The first-order valence-electron chi connectivity index (χ1n) is 9.69. The average Bonchev–Trinajstić information content (AvgIpc) is 3.05. The molecule has 1 aromatic rings. The van der Waals surface area contributed by atoms with Crippen molar-refractivity contribution in [3.05, 3.63) is 16.1 Å². The number of aliphatic imine (C=N–C) groups is 1. The Hall–Kier alpha value is -0.900. The lowest BCUT2D eigenvalue weighted by atomic mass is 9.83. The Morgan fingerprint density at radius 2 is 2.04 bits per heavy atom. The van der Waals surface area contributed by atoms with Crippen molar-refractivity contribution in [1.82, 2.24) is 20.5 Å². The normalized spacial score (nSPS) is 19.9. The number of guanidine groups is 1. The number of carbonyl (C=O) groups excluding carboxylic acids is 1. The number of hydrogen-bond acceptors (Lipinski definition) is 4. The first-order chi connectivity index (χ1) is 12.5. The van der Waals surface area contributed by atoms with Crippen molar-refractivity contribution in [3.63, 3.8) is 0 Å². The molecule has 2 rings (SSSR count). The average molecular weight is 507 g/mol. The van der Waals surface area contributed by atoms with E-state index in [0.717, 1.165) is 36.6 Å². The summed E-state index contributed by atoms with van der Waals surface area (Å²) < 4.78 is 0. The third-order valence-corrected chi connectivity index (χ3v) is 5.90. The second kappa shape index (κ2) is 12.5. The van der Waals surface area contributed by atoms with Gasteiger partial charge in [-0.1, -0.05) is 19.8 Å². The van der Waals surface area contributed by atoms with E-state index in [0.29, 0.717) is 18.0 Å². The zero-order valence-corrected chi connectivity index (χ0v) is 20.1. The van der Waals surface area contributed by atoms with Crippen LogP contribution in [0.2, 0.25) is 0 Å². The molecule has 1 saturated carbocycles. The van der Waals surface area contributed by atoms with Crippen LogP contribution >= 0.6 is 35.3 Å². The molecular formula is C19H34IN5OS. The molecule has 2 N–H and O–H groups in total.